The molecule has 0 bridgehead atoms. The highest BCUT2D eigenvalue weighted by atomic mass is 16.6. The van der Waals surface area contributed by atoms with E-state index in [4.69, 9.17) is 0 Å². The summed E-state index contributed by atoms with van der Waals surface area (Å²) in [5, 5.41) is 11.5. The van der Waals surface area contributed by atoms with Crippen molar-refractivity contribution in [1.82, 2.24) is 4.98 Å². The Morgan fingerprint density at radius 1 is 1.04 bits per heavy atom. The molecule has 0 saturated carbocycles. The van der Waals surface area contributed by atoms with E-state index in [0.717, 1.165) is 10.9 Å². The van der Waals surface area contributed by atoms with Crippen LogP contribution in [0.4, 0.5) is 5.69 Å². The number of allylic oxidation sites excluding steroid dienone is 1. The van der Waals surface area contributed by atoms with Gasteiger partial charge in [-0.3, -0.25) is 19.9 Å². The molecular formula is C18H12N2O3. The van der Waals surface area contributed by atoms with Crippen LogP contribution in [-0.4, -0.2) is 15.7 Å². The molecule has 0 fully saturated rings. The van der Waals surface area contributed by atoms with Crippen molar-refractivity contribution >= 4 is 28.4 Å². The predicted molar refractivity (Wildman–Crippen MR) is 88.2 cm³/mol. The number of pyridine rings is 1. The second-order valence-corrected chi connectivity index (χ2v) is 4.93. The van der Waals surface area contributed by atoms with E-state index in [9.17, 15) is 14.9 Å². The van der Waals surface area contributed by atoms with Crippen LogP contribution in [0.15, 0.2) is 66.9 Å². The van der Waals surface area contributed by atoms with Gasteiger partial charge in [0.05, 0.1) is 10.4 Å². The molecule has 112 valence electrons. The average Bonchev–Trinajstić information content (AvgIpc) is 2.59. The number of carbonyl (C=O) groups excluding carboxylic acids is 1. The number of nitro benzene ring substituents is 1. The van der Waals surface area contributed by atoms with Crippen molar-refractivity contribution < 1.29 is 9.72 Å². The van der Waals surface area contributed by atoms with E-state index in [1.807, 2.05) is 24.3 Å². The molecule has 0 amide bonds. The lowest BCUT2D eigenvalue weighted by molar-refractivity contribution is -0.384. The summed E-state index contributed by atoms with van der Waals surface area (Å²) in [6.07, 6.45) is 4.73. The molecule has 0 aliphatic carbocycles. The highest BCUT2D eigenvalue weighted by Crippen LogP contribution is 2.18. The Hall–Kier alpha value is -3.34. The number of aromatic nitrogens is 1. The Morgan fingerprint density at radius 2 is 1.78 bits per heavy atom. The van der Waals surface area contributed by atoms with Crippen LogP contribution in [0.3, 0.4) is 0 Å². The van der Waals surface area contributed by atoms with E-state index in [2.05, 4.69) is 4.98 Å². The summed E-state index contributed by atoms with van der Waals surface area (Å²) in [4.78, 5) is 26.8. The number of rotatable bonds is 4. The molecule has 0 N–H and O–H groups in total. The standard InChI is InChI=1S/C18H12N2O3/c21-17(11-8-13-6-9-15(10-7-13)20(22)23)16-5-1-3-14-4-2-12-19-18(14)16/h1-12H/b11-8+. The number of carbonyl (C=O) groups is 1. The van der Waals surface area contributed by atoms with Crippen LogP contribution in [0.2, 0.25) is 0 Å². The Kier molecular flexibility index (Phi) is 3.93. The van der Waals surface area contributed by atoms with Crippen LogP contribution in [0.25, 0.3) is 17.0 Å². The maximum Gasteiger partial charge on any atom is 0.269 e. The van der Waals surface area contributed by atoms with Crippen molar-refractivity contribution in [3.8, 4) is 0 Å². The van der Waals surface area contributed by atoms with Crippen molar-refractivity contribution in [2.45, 2.75) is 0 Å². The number of nitrogens with zero attached hydrogens (tertiary/aromatic N) is 2. The molecule has 1 aromatic heterocycles. The number of non-ortho nitro benzene ring substituents is 1. The molecule has 1 heterocycles. The first kappa shape index (κ1) is 14.6. The lowest BCUT2D eigenvalue weighted by Crippen LogP contribution is -1.97. The number of ketones is 1. The highest BCUT2D eigenvalue weighted by molar-refractivity contribution is 6.13. The van der Waals surface area contributed by atoms with Crippen molar-refractivity contribution in [3.05, 3.63) is 88.1 Å². The van der Waals surface area contributed by atoms with Gasteiger partial charge in [0.2, 0.25) is 0 Å². The number of hydrogen-bond donors (Lipinski definition) is 0. The summed E-state index contributed by atoms with van der Waals surface area (Å²) in [6.45, 7) is 0. The van der Waals surface area contributed by atoms with Crippen LogP contribution >= 0.6 is 0 Å². The maximum atomic E-state index is 12.4. The van der Waals surface area contributed by atoms with Gasteiger partial charge < -0.3 is 0 Å². The van der Waals surface area contributed by atoms with Crippen molar-refractivity contribution in [1.29, 1.82) is 0 Å². The van der Waals surface area contributed by atoms with Gasteiger partial charge in [-0.25, -0.2) is 0 Å². The minimum Gasteiger partial charge on any atom is -0.289 e. The van der Waals surface area contributed by atoms with Crippen molar-refractivity contribution in [2.75, 3.05) is 0 Å². The molecule has 0 atom stereocenters. The maximum absolute atomic E-state index is 12.4. The summed E-state index contributed by atoms with van der Waals surface area (Å²) in [6, 6.07) is 15.2. The lowest BCUT2D eigenvalue weighted by atomic mass is 10.0. The predicted octanol–water partition coefficient (Wildman–Crippen LogP) is 4.04. The first-order valence-corrected chi connectivity index (χ1v) is 6.96. The molecule has 23 heavy (non-hydrogen) atoms. The Balaban J connectivity index is 1.87. The lowest BCUT2D eigenvalue weighted by Gasteiger charge is -2.01. The SMILES string of the molecule is O=C(/C=C/c1ccc([N+](=O)[O-])cc1)c1cccc2cccnc12. The van der Waals surface area contributed by atoms with E-state index in [0.29, 0.717) is 11.1 Å². The topological polar surface area (TPSA) is 73.1 Å². The zero-order valence-electron chi connectivity index (χ0n) is 12.0. The van der Waals surface area contributed by atoms with Crippen molar-refractivity contribution in [3.63, 3.8) is 0 Å². The Labute approximate surface area is 132 Å². The van der Waals surface area contributed by atoms with Crippen LogP contribution in [0.1, 0.15) is 15.9 Å². The van der Waals surface area contributed by atoms with Gasteiger partial charge >= 0.3 is 0 Å². The molecule has 0 aliphatic rings. The number of hydrogen-bond acceptors (Lipinski definition) is 4. The largest absolute Gasteiger partial charge is 0.289 e. The van der Waals surface area contributed by atoms with Gasteiger partial charge in [-0.1, -0.05) is 24.3 Å². The average molecular weight is 304 g/mol. The van der Waals surface area contributed by atoms with Crippen LogP contribution in [-0.2, 0) is 0 Å². The Morgan fingerprint density at radius 3 is 2.52 bits per heavy atom. The van der Waals surface area contributed by atoms with Gasteiger partial charge in [0.15, 0.2) is 5.78 Å². The second-order valence-electron chi connectivity index (χ2n) is 4.93. The smallest absolute Gasteiger partial charge is 0.269 e. The summed E-state index contributed by atoms with van der Waals surface area (Å²) >= 11 is 0. The van der Waals surface area contributed by atoms with Crippen LogP contribution in [0, 0.1) is 10.1 Å². The molecule has 0 saturated heterocycles. The molecule has 0 unspecified atom stereocenters. The second kappa shape index (κ2) is 6.19. The van der Waals surface area contributed by atoms with Gasteiger partial charge in [-0.2, -0.15) is 0 Å². The third-order valence-corrected chi connectivity index (χ3v) is 3.43. The van der Waals surface area contributed by atoms with Gasteiger partial charge in [-0.05, 0) is 35.9 Å². The number of benzene rings is 2. The summed E-state index contributed by atoms with van der Waals surface area (Å²) < 4.78 is 0. The van der Waals surface area contributed by atoms with Gasteiger partial charge in [0.25, 0.3) is 5.69 Å². The first-order valence-electron chi connectivity index (χ1n) is 6.96. The molecule has 5 heteroatoms. The van der Waals surface area contributed by atoms with Crippen molar-refractivity contribution in [2.24, 2.45) is 0 Å². The molecule has 3 aromatic rings. The molecule has 0 spiro atoms. The first-order chi connectivity index (χ1) is 11.1. The minimum absolute atomic E-state index is 0.0201. The molecule has 0 aliphatic heterocycles. The fourth-order valence-electron chi connectivity index (χ4n) is 2.27. The number of fused-ring (bicyclic) bond motifs is 1. The highest BCUT2D eigenvalue weighted by Gasteiger charge is 2.08. The van der Waals surface area contributed by atoms with E-state index in [-0.39, 0.29) is 11.5 Å². The minimum atomic E-state index is -0.458. The van der Waals surface area contributed by atoms with E-state index in [1.54, 1.807) is 30.5 Å². The summed E-state index contributed by atoms with van der Waals surface area (Å²) in [5.74, 6) is -0.160. The normalized spacial score (nSPS) is 11.0. The van der Waals surface area contributed by atoms with E-state index in [1.165, 1.54) is 18.2 Å². The zero-order valence-corrected chi connectivity index (χ0v) is 12.0. The van der Waals surface area contributed by atoms with Gasteiger partial charge in [0.1, 0.15) is 0 Å². The fourth-order valence-corrected chi connectivity index (χ4v) is 2.27. The molecule has 2 aromatic carbocycles. The van der Waals surface area contributed by atoms with Crippen LogP contribution in [0.5, 0.6) is 0 Å². The third-order valence-electron chi connectivity index (χ3n) is 3.43. The Bertz CT molecular complexity index is 910. The summed E-state index contributed by atoms with van der Waals surface area (Å²) in [7, 11) is 0. The molecule has 0 radical (unpaired) electrons. The monoisotopic (exact) mass is 304 g/mol. The van der Waals surface area contributed by atoms with E-state index >= 15 is 0 Å². The fraction of sp³-hybridized carbons (Fsp3) is 0. The molecule has 5 nitrogen and oxygen atoms in total. The van der Waals surface area contributed by atoms with E-state index < -0.39 is 4.92 Å². The number of nitro groups is 1. The zero-order chi connectivity index (χ0) is 16.2. The third kappa shape index (κ3) is 3.13. The van der Waals surface area contributed by atoms with Gasteiger partial charge in [-0.15, -0.1) is 0 Å². The summed E-state index contributed by atoms with van der Waals surface area (Å²) in [5.41, 5.74) is 1.93. The molecule has 3 rings (SSSR count). The van der Waals surface area contributed by atoms with Gasteiger partial charge in [0, 0.05) is 29.3 Å². The number of para-hydroxylation sites is 1. The van der Waals surface area contributed by atoms with Crippen LogP contribution < -0.4 is 0 Å². The molecular weight excluding hydrogens is 292 g/mol. The quantitative estimate of drug-likeness (QED) is 0.315.